The molecule has 39 heavy (non-hydrogen) atoms. The van der Waals surface area contributed by atoms with Crippen LogP contribution in [0.2, 0.25) is 0 Å². The smallest absolute Gasteiger partial charge is 0.307 e. The molecule has 0 bridgehead atoms. The van der Waals surface area contributed by atoms with E-state index in [0.29, 0.717) is 43.8 Å². The van der Waals surface area contributed by atoms with Crippen LogP contribution in [0.15, 0.2) is 36.4 Å². The van der Waals surface area contributed by atoms with Crippen molar-refractivity contribution < 1.29 is 23.8 Å². The van der Waals surface area contributed by atoms with E-state index >= 15 is 0 Å². The zero-order valence-corrected chi connectivity index (χ0v) is 24.8. The number of hydrogen-bond donors (Lipinski definition) is 0. The molecule has 0 N–H and O–H groups in total. The predicted octanol–water partition coefficient (Wildman–Crippen LogP) is 5.65. The maximum Gasteiger partial charge on any atom is 0.307 e. The van der Waals surface area contributed by atoms with Crippen LogP contribution in [-0.4, -0.2) is 61.6 Å². The number of thiazole rings is 1. The number of Topliss-reactive ketones (excluding diaryl/α,β-unsaturated/α-hetero) is 1. The molecule has 0 fully saturated rings. The fourth-order valence-electron chi connectivity index (χ4n) is 5.18. The van der Waals surface area contributed by atoms with E-state index in [1.165, 1.54) is 0 Å². The number of carbonyl (C=O) groups excluding carboxylic acids is 2. The predicted molar refractivity (Wildman–Crippen MR) is 155 cm³/mol. The van der Waals surface area contributed by atoms with E-state index in [2.05, 4.69) is 17.0 Å². The Morgan fingerprint density at radius 3 is 2.38 bits per heavy atom. The highest BCUT2D eigenvalue weighted by Crippen LogP contribution is 2.42. The molecule has 2 aromatic carbocycles. The van der Waals surface area contributed by atoms with Crippen molar-refractivity contribution in [1.29, 1.82) is 0 Å². The van der Waals surface area contributed by atoms with Gasteiger partial charge in [-0.3, -0.25) is 9.59 Å². The minimum atomic E-state index is -0.778. The Labute approximate surface area is 235 Å². The van der Waals surface area contributed by atoms with Crippen LogP contribution < -0.4 is 9.47 Å². The molecule has 0 saturated carbocycles. The summed E-state index contributed by atoms with van der Waals surface area (Å²) in [6, 6.07) is 12.0. The number of aromatic nitrogens is 1. The molecule has 0 spiro atoms. The van der Waals surface area contributed by atoms with E-state index in [0.717, 1.165) is 39.3 Å². The summed E-state index contributed by atoms with van der Waals surface area (Å²) < 4.78 is 18.2. The van der Waals surface area contributed by atoms with E-state index in [1.54, 1.807) is 18.4 Å². The van der Waals surface area contributed by atoms with Crippen molar-refractivity contribution >= 4 is 33.3 Å². The van der Waals surface area contributed by atoms with Crippen LogP contribution in [0.4, 0.5) is 0 Å². The molecule has 0 atom stereocenters. The summed E-state index contributed by atoms with van der Waals surface area (Å²) in [5.74, 6) is 1.12. The quantitative estimate of drug-likeness (QED) is 0.212. The summed E-state index contributed by atoms with van der Waals surface area (Å²) in [5.41, 5.74) is 1.74. The lowest BCUT2D eigenvalue weighted by molar-refractivity contribution is -0.159. The summed E-state index contributed by atoms with van der Waals surface area (Å²) in [4.78, 5) is 33.6. The molecular weight excluding hydrogens is 512 g/mol. The number of methoxy groups -OCH3 is 1. The lowest BCUT2D eigenvalue weighted by Gasteiger charge is -2.28. The second-order valence-corrected chi connectivity index (χ2v) is 12.8. The van der Waals surface area contributed by atoms with Gasteiger partial charge < -0.3 is 19.1 Å². The van der Waals surface area contributed by atoms with Crippen molar-refractivity contribution in [2.45, 2.75) is 64.9 Å². The number of carbonyl (C=O) groups is 2. The number of nitrogens with zero attached hydrogens (tertiary/aromatic N) is 2. The SMILES string of the molecule is COc1cc2sc(CCC(=O)C3(CC(=O)OC(C)(C)C)Cc4ccccc4C3)nc2cc1OCCCN(C)C. The number of hydrogen-bond acceptors (Lipinski definition) is 8. The summed E-state index contributed by atoms with van der Waals surface area (Å²) in [5, 5.41) is 0.882. The lowest BCUT2D eigenvalue weighted by Crippen LogP contribution is -2.37. The zero-order valence-electron chi connectivity index (χ0n) is 24.0. The summed E-state index contributed by atoms with van der Waals surface area (Å²) >= 11 is 1.56. The Morgan fingerprint density at radius 2 is 1.77 bits per heavy atom. The van der Waals surface area contributed by atoms with Crippen LogP contribution in [0.5, 0.6) is 11.5 Å². The van der Waals surface area contributed by atoms with Crippen LogP contribution >= 0.6 is 11.3 Å². The Hall–Kier alpha value is -2.97. The summed E-state index contributed by atoms with van der Waals surface area (Å²) in [7, 11) is 5.72. The largest absolute Gasteiger partial charge is 0.493 e. The second-order valence-electron chi connectivity index (χ2n) is 11.7. The van der Waals surface area contributed by atoms with Gasteiger partial charge in [0.25, 0.3) is 0 Å². The van der Waals surface area contributed by atoms with E-state index in [4.69, 9.17) is 19.2 Å². The topological polar surface area (TPSA) is 78.0 Å². The van der Waals surface area contributed by atoms with Gasteiger partial charge in [0, 0.05) is 36.9 Å². The van der Waals surface area contributed by atoms with Gasteiger partial charge in [-0.2, -0.15) is 0 Å². The van der Waals surface area contributed by atoms with Crippen LogP contribution in [0.25, 0.3) is 10.2 Å². The molecular formula is C31H40N2O5S. The number of rotatable bonds is 12. The maximum absolute atomic E-state index is 13.8. The third-order valence-electron chi connectivity index (χ3n) is 6.96. The Balaban J connectivity index is 1.48. The van der Waals surface area contributed by atoms with Crippen molar-refractivity contribution in [2.75, 3.05) is 34.4 Å². The third kappa shape index (κ3) is 7.37. The van der Waals surface area contributed by atoms with Crippen LogP contribution in [0, 0.1) is 5.41 Å². The molecule has 210 valence electrons. The van der Waals surface area contributed by atoms with Crippen molar-refractivity contribution in [1.82, 2.24) is 9.88 Å². The van der Waals surface area contributed by atoms with E-state index in [9.17, 15) is 9.59 Å². The number of ether oxygens (including phenoxy) is 3. The molecule has 0 amide bonds. The molecule has 4 rings (SSSR count). The fraction of sp³-hybridized carbons (Fsp3) is 0.516. The van der Waals surface area contributed by atoms with Crippen molar-refractivity contribution in [3.63, 3.8) is 0 Å². The van der Waals surface area contributed by atoms with Gasteiger partial charge in [0.1, 0.15) is 11.4 Å². The lowest BCUT2D eigenvalue weighted by atomic mass is 9.76. The van der Waals surface area contributed by atoms with Gasteiger partial charge in [0.15, 0.2) is 11.5 Å². The van der Waals surface area contributed by atoms with Gasteiger partial charge in [0.05, 0.1) is 35.4 Å². The monoisotopic (exact) mass is 552 g/mol. The van der Waals surface area contributed by atoms with Gasteiger partial charge in [-0.25, -0.2) is 4.98 Å². The summed E-state index contributed by atoms with van der Waals surface area (Å²) in [6.07, 6.45) is 2.96. The molecule has 0 unspecified atom stereocenters. The van der Waals surface area contributed by atoms with E-state index in [-0.39, 0.29) is 18.2 Å². The molecule has 3 aromatic rings. The number of fused-ring (bicyclic) bond motifs is 2. The third-order valence-corrected chi connectivity index (χ3v) is 8.04. The molecule has 1 heterocycles. The second kappa shape index (κ2) is 12.0. The highest BCUT2D eigenvalue weighted by molar-refractivity contribution is 7.18. The molecule has 1 aliphatic rings. The minimum Gasteiger partial charge on any atom is -0.493 e. The normalized spacial score (nSPS) is 14.4. The first-order valence-electron chi connectivity index (χ1n) is 13.5. The van der Waals surface area contributed by atoms with Gasteiger partial charge in [-0.15, -0.1) is 11.3 Å². The average molecular weight is 553 g/mol. The Bertz CT molecular complexity index is 1300. The van der Waals surface area contributed by atoms with E-state index < -0.39 is 11.0 Å². The fourth-order valence-corrected chi connectivity index (χ4v) is 6.16. The van der Waals surface area contributed by atoms with Crippen molar-refractivity contribution in [3.8, 4) is 11.5 Å². The molecule has 0 aliphatic heterocycles. The Morgan fingerprint density at radius 1 is 1.08 bits per heavy atom. The first kappa shape index (κ1) is 29.0. The molecule has 1 aliphatic carbocycles. The molecule has 8 heteroatoms. The zero-order chi connectivity index (χ0) is 28.2. The number of ketones is 1. The van der Waals surface area contributed by atoms with Gasteiger partial charge >= 0.3 is 5.97 Å². The minimum absolute atomic E-state index is 0.0867. The molecule has 0 saturated heterocycles. The van der Waals surface area contributed by atoms with Gasteiger partial charge in [-0.1, -0.05) is 24.3 Å². The van der Waals surface area contributed by atoms with Gasteiger partial charge in [0.2, 0.25) is 0 Å². The van der Waals surface area contributed by atoms with Crippen molar-refractivity contribution in [3.05, 3.63) is 52.5 Å². The van der Waals surface area contributed by atoms with Gasteiger partial charge in [-0.05, 0) is 65.3 Å². The number of aryl methyl sites for hydroxylation is 1. The van der Waals surface area contributed by atoms with E-state index in [1.807, 2.05) is 59.1 Å². The highest BCUT2D eigenvalue weighted by Gasteiger charge is 2.45. The van der Waals surface area contributed by atoms with Crippen LogP contribution in [0.1, 0.15) is 56.2 Å². The standard InChI is InChI=1S/C31H40N2O5S/c1-30(2,3)38-29(35)20-31(18-21-10-7-8-11-22(21)19-31)27(34)12-13-28-32-23-16-25(37-15-9-14-33(4)5)24(36-6)17-26(23)39-28/h7-8,10-11,16-17H,9,12-15,18-20H2,1-6H3. The first-order chi connectivity index (χ1) is 18.5. The summed E-state index contributed by atoms with van der Waals surface area (Å²) in [6.45, 7) is 7.09. The van der Waals surface area contributed by atoms with Crippen molar-refractivity contribution in [2.24, 2.45) is 5.41 Å². The molecule has 0 radical (unpaired) electrons. The number of benzene rings is 2. The van der Waals surface area contributed by atoms with Crippen LogP contribution in [0.3, 0.4) is 0 Å². The first-order valence-corrected chi connectivity index (χ1v) is 14.4. The molecule has 7 nitrogen and oxygen atoms in total. The van der Waals surface area contributed by atoms with Crippen LogP contribution in [-0.2, 0) is 33.6 Å². The Kier molecular flexibility index (Phi) is 8.96. The number of esters is 1. The molecule has 1 aromatic heterocycles. The highest BCUT2D eigenvalue weighted by atomic mass is 32.1. The average Bonchev–Trinajstić information content (AvgIpc) is 3.43. The maximum atomic E-state index is 13.8.